The maximum absolute atomic E-state index is 12.6. The van der Waals surface area contributed by atoms with E-state index in [2.05, 4.69) is 15.9 Å². The Hall–Kier alpha value is -1.07. The van der Waals surface area contributed by atoms with Crippen molar-refractivity contribution in [1.29, 1.82) is 0 Å². The number of morpholine rings is 1. The van der Waals surface area contributed by atoms with Crippen LogP contribution < -0.4 is 4.74 Å². The molecule has 1 aliphatic rings. The van der Waals surface area contributed by atoms with Crippen molar-refractivity contribution in [1.82, 2.24) is 4.90 Å². The second-order valence-electron chi connectivity index (χ2n) is 5.17. The van der Waals surface area contributed by atoms with Crippen LogP contribution in [-0.4, -0.2) is 43.2 Å². The highest BCUT2D eigenvalue weighted by atomic mass is 79.9. The number of halogens is 1. The van der Waals surface area contributed by atoms with Crippen LogP contribution in [0.1, 0.15) is 24.2 Å². The van der Waals surface area contributed by atoms with E-state index in [9.17, 15) is 4.79 Å². The van der Waals surface area contributed by atoms with Gasteiger partial charge < -0.3 is 14.4 Å². The van der Waals surface area contributed by atoms with Crippen molar-refractivity contribution in [3.05, 3.63) is 28.2 Å². The van der Waals surface area contributed by atoms with E-state index in [0.717, 1.165) is 10.2 Å². The monoisotopic (exact) mass is 327 g/mol. The van der Waals surface area contributed by atoms with Crippen LogP contribution in [0, 0.1) is 0 Å². The van der Waals surface area contributed by atoms with Crippen molar-refractivity contribution in [2.45, 2.75) is 19.4 Å². The van der Waals surface area contributed by atoms with Gasteiger partial charge in [-0.15, -0.1) is 0 Å². The molecule has 0 radical (unpaired) electrons. The number of carbonyl (C=O) groups is 1. The lowest BCUT2D eigenvalue weighted by atomic mass is 10.0. The van der Waals surface area contributed by atoms with Gasteiger partial charge >= 0.3 is 0 Å². The van der Waals surface area contributed by atoms with Gasteiger partial charge in [0, 0.05) is 12.1 Å². The maximum atomic E-state index is 12.6. The Morgan fingerprint density at radius 1 is 1.47 bits per heavy atom. The standard InChI is InChI=1S/C14H18BrNO3/c1-14(2)9-19-7-6-16(14)13(17)10-4-5-12(18-3)11(15)8-10/h4-5,8H,6-7,9H2,1-3H3. The summed E-state index contributed by atoms with van der Waals surface area (Å²) in [6.07, 6.45) is 0. The lowest BCUT2D eigenvalue weighted by molar-refractivity contribution is -0.0370. The second-order valence-corrected chi connectivity index (χ2v) is 6.03. The van der Waals surface area contributed by atoms with Gasteiger partial charge in [-0.25, -0.2) is 0 Å². The summed E-state index contributed by atoms with van der Waals surface area (Å²) >= 11 is 3.41. The molecule has 104 valence electrons. The molecule has 0 bridgehead atoms. The van der Waals surface area contributed by atoms with Gasteiger partial charge in [-0.3, -0.25) is 4.79 Å². The number of carbonyl (C=O) groups excluding carboxylic acids is 1. The first-order valence-electron chi connectivity index (χ1n) is 6.19. The summed E-state index contributed by atoms with van der Waals surface area (Å²) in [5.41, 5.74) is 0.379. The molecule has 0 unspecified atom stereocenters. The predicted molar refractivity (Wildman–Crippen MR) is 76.6 cm³/mol. The summed E-state index contributed by atoms with van der Waals surface area (Å²) in [5, 5.41) is 0. The number of benzene rings is 1. The van der Waals surface area contributed by atoms with Gasteiger partial charge in [-0.05, 0) is 48.0 Å². The molecule has 0 saturated carbocycles. The Balaban J connectivity index is 2.26. The van der Waals surface area contributed by atoms with E-state index < -0.39 is 0 Å². The van der Waals surface area contributed by atoms with E-state index in [1.54, 1.807) is 25.3 Å². The number of rotatable bonds is 2. The van der Waals surface area contributed by atoms with E-state index in [1.165, 1.54) is 0 Å². The molecule has 0 aromatic heterocycles. The van der Waals surface area contributed by atoms with Crippen molar-refractivity contribution in [3.8, 4) is 5.75 Å². The summed E-state index contributed by atoms with van der Waals surface area (Å²) in [5.74, 6) is 0.745. The lowest BCUT2D eigenvalue weighted by Crippen LogP contribution is -2.55. The van der Waals surface area contributed by atoms with Crippen molar-refractivity contribution >= 4 is 21.8 Å². The molecule has 1 aliphatic heterocycles. The SMILES string of the molecule is COc1ccc(C(=O)N2CCOCC2(C)C)cc1Br. The molecule has 1 aromatic rings. The van der Waals surface area contributed by atoms with E-state index >= 15 is 0 Å². The highest BCUT2D eigenvalue weighted by Gasteiger charge is 2.34. The van der Waals surface area contributed by atoms with Crippen LogP contribution in [0.2, 0.25) is 0 Å². The maximum Gasteiger partial charge on any atom is 0.254 e. The van der Waals surface area contributed by atoms with Crippen LogP contribution in [0.5, 0.6) is 5.75 Å². The van der Waals surface area contributed by atoms with E-state index in [4.69, 9.17) is 9.47 Å². The summed E-state index contributed by atoms with van der Waals surface area (Å²) in [6, 6.07) is 5.38. The third-order valence-corrected chi connectivity index (χ3v) is 3.91. The number of hydrogen-bond donors (Lipinski definition) is 0. The zero-order valence-corrected chi connectivity index (χ0v) is 13.0. The summed E-state index contributed by atoms with van der Waals surface area (Å²) in [7, 11) is 1.60. The first kappa shape index (κ1) is 14.3. The predicted octanol–water partition coefficient (Wildman–Crippen LogP) is 2.71. The smallest absolute Gasteiger partial charge is 0.254 e. The van der Waals surface area contributed by atoms with E-state index in [0.29, 0.717) is 25.3 Å². The molecule has 5 heteroatoms. The van der Waals surface area contributed by atoms with Crippen molar-refractivity contribution < 1.29 is 14.3 Å². The summed E-state index contributed by atoms with van der Waals surface area (Å²) in [4.78, 5) is 14.4. The van der Waals surface area contributed by atoms with E-state index in [1.807, 2.05) is 18.7 Å². The number of methoxy groups -OCH3 is 1. The van der Waals surface area contributed by atoms with Gasteiger partial charge in [-0.1, -0.05) is 0 Å². The first-order chi connectivity index (χ1) is 8.95. The molecule has 1 heterocycles. The summed E-state index contributed by atoms with van der Waals surface area (Å²) in [6.45, 7) is 5.81. The molecule has 4 nitrogen and oxygen atoms in total. The van der Waals surface area contributed by atoms with Crippen molar-refractivity contribution in [2.24, 2.45) is 0 Å². The first-order valence-corrected chi connectivity index (χ1v) is 6.98. The fourth-order valence-corrected chi connectivity index (χ4v) is 2.73. The molecule has 1 fully saturated rings. The third kappa shape index (κ3) is 2.92. The molecule has 19 heavy (non-hydrogen) atoms. The highest BCUT2D eigenvalue weighted by molar-refractivity contribution is 9.10. The Bertz CT molecular complexity index is 488. The average molecular weight is 328 g/mol. The zero-order chi connectivity index (χ0) is 14.0. The second kappa shape index (κ2) is 5.51. The fraction of sp³-hybridized carbons (Fsp3) is 0.500. The summed E-state index contributed by atoms with van der Waals surface area (Å²) < 4.78 is 11.4. The minimum absolute atomic E-state index is 0.0247. The van der Waals surface area contributed by atoms with Crippen LogP contribution in [0.25, 0.3) is 0 Å². The quantitative estimate of drug-likeness (QED) is 0.838. The normalized spacial score (nSPS) is 18.2. The Morgan fingerprint density at radius 3 is 2.79 bits per heavy atom. The lowest BCUT2D eigenvalue weighted by Gasteiger charge is -2.42. The molecular weight excluding hydrogens is 310 g/mol. The fourth-order valence-electron chi connectivity index (χ4n) is 2.19. The molecule has 1 aromatic carbocycles. The third-order valence-electron chi connectivity index (χ3n) is 3.29. The van der Waals surface area contributed by atoms with Crippen LogP contribution in [0.4, 0.5) is 0 Å². The minimum atomic E-state index is -0.276. The Morgan fingerprint density at radius 2 is 2.21 bits per heavy atom. The van der Waals surface area contributed by atoms with E-state index in [-0.39, 0.29) is 11.4 Å². The van der Waals surface area contributed by atoms with Crippen LogP contribution in [-0.2, 0) is 4.74 Å². The molecular formula is C14H18BrNO3. The van der Waals surface area contributed by atoms with Crippen LogP contribution in [0.15, 0.2) is 22.7 Å². The van der Waals surface area contributed by atoms with Gasteiger partial charge in [-0.2, -0.15) is 0 Å². The Kier molecular flexibility index (Phi) is 4.16. The number of hydrogen-bond acceptors (Lipinski definition) is 3. The zero-order valence-electron chi connectivity index (χ0n) is 11.4. The van der Waals surface area contributed by atoms with Crippen molar-refractivity contribution in [3.63, 3.8) is 0 Å². The molecule has 0 atom stereocenters. The number of amides is 1. The van der Waals surface area contributed by atoms with Crippen LogP contribution in [0.3, 0.4) is 0 Å². The van der Waals surface area contributed by atoms with Crippen molar-refractivity contribution in [2.75, 3.05) is 26.9 Å². The van der Waals surface area contributed by atoms with Crippen LogP contribution >= 0.6 is 15.9 Å². The van der Waals surface area contributed by atoms with Gasteiger partial charge in [0.25, 0.3) is 5.91 Å². The number of ether oxygens (including phenoxy) is 2. The van der Waals surface area contributed by atoms with Gasteiger partial charge in [0.1, 0.15) is 5.75 Å². The molecule has 0 N–H and O–H groups in total. The highest BCUT2D eigenvalue weighted by Crippen LogP contribution is 2.28. The number of nitrogens with zero attached hydrogens (tertiary/aromatic N) is 1. The topological polar surface area (TPSA) is 38.8 Å². The molecule has 1 saturated heterocycles. The Labute approximate surface area is 121 Å². The van der Waals surface area contributed by atoms with Gasteiger partial charge in [0.05, 0.1) is 30.3 Å². The minimum Gasteiger partial charge on any atom is -0.496 e. The van der Waals surface area contributed by atoms with Gasteiger partial charge in [0.2, 0.25) is 0 Å². The molecule has 1 amide bonds. The molecule has 0 spiro atoms. The van der Waals surface area contributed by atoms with Gasteiger partial charge in [0.15, 0.2) is 0 Å². The molecule has 2 rings (SSSR count). The molecule has 0 aliphatic carbocycles. The average Bonchev–Trinajstić information content (AvgIpc) is 2.37. The largest absolute Gasteiger partial charge is 0.496 e.